The average Bonchev–Trinajstić information content (AvgIpc) is 2.84. The molecule has 0 saturated heterocycles. The van der Waals surface area contributed by atoms with Gasteiger partial charge in [0.05, 0.1) is 7.11 Å². The summed E-state index contributed by atoms with van der Waals surface area (Å²) in [6.45, 7) is 2.17. The van der Waals surface area contributed by atoms with Crippen LogP contribution in [0.5, 0.6) is 5.75 Å². The summed E-state index contributed by atoms with van der Waals surface area (Å²) in [5, 5.41) is 10.2. The molecule has 0 fully saturated rings. The number of unbranched alkanes of at least 4 members (excludes halogenated alkanes) is 1. The van der Waals surface area contributed by atoms with Crippen molar-refractivity contribution in [2.45, 2.75) is 24.9 Å². The topological polar surface area (TPSA) is 63.7 Å². The zero-order valence-corrected chi connectivity index (χ0v) is 12.3. The number of methoxy groups -OCH3 is 1. The van der Waals surface area contributed by atoms with Crippen molar-refractivity contribution in [3.8, 4) is 5.75 Å². The van der Waals surface area contributed by atoms with Crippen LogP contribution in [0.1, 0.15) is 19.8 Å². The first-order valence-electron chi connectivity index (χ1n) is 6.64. The maximum Gasteiger partial charge on any atom is 0.211 e. The average molecular weight is 288 g/mol. The Morgan fingerprint density at radius 3 is 3.00 bits per heavy atom. The van der Waals surface area contributed by atoms with Crippen LogP contribution in [0.4, 0.5) is 0 Å². The zero-order valence-electron chi connectivity index (χ0n) is 11.5. The minimum atomic E-state index is 0.726. The van der Waals surface area contributed by atoms with E-state index in [1.165, 1.54) is 6.42 Å². The Morgan fingerprint density at radius 1 is 1.30 bits per heavy atom. The molecule has 3 aromatic rings. The SMILES string of the molecule is CCCCSc1nnc2c(n1)[nH]c1ccc(OC)cc12. The lowest BCUT2D eigenvalue weighted by atomic mass is 10.2. The second-order valence-corrected chi connectivity index (χ2v) is 5.59. The van der Waals surface area contributed by atoms with E-state index in [0.29, 0.717) is 0 Å². The van der Waals surface area contributed by atoms with E-state index in [0.717, 1.165) is 45.1 Å². The maximum absolute atomic E-state index is 5.24. The number of nitrogens with one attached hydrogen (secondary N) is 1. The molecule has 0 saturated carbocycles. The second-order valence-electron chi connectivity index (χ2n) is 4.53. The van der Waals surface area contributed by atoms with Gasteiger partial charge in [0, 0.05) is 16.7 Å². The minimum Gasteiger partial charge on any atom is -0.497 e. The summed E-state index contributed by atoms with van der Waals surface area (Å²) >= 11 is 1.65. The van der Waals surface area contributed by atoms with E-state index >= 15 is 0 Å². The molecule has 0 radical (unpaired) electrons. The monoisotopic (exact) mass is 288 g/mol. The molecule has 0 spiro atoms. The summed E-state index contributed by atoms with van der Waals surface area (Å²) in [6.07, 6.45) is 2.34. The third-order valence-corrected chi connectivity index (χ3v) is 4.06. The van der Waals surface area contributed by atoms with Gasteiger partial charge < -0.3 is 9.72 Å². The van der Waals surface area contributed by atoms with Crippen LogP contribution in [0.3, 0.4) is 0 Å². The molecule has 5 nitrogen and oxygen atoms in total. The number of hydrogen-bond donors (Lipinski definition) is 1. The van der Waals surface area contributed by atoms with Crippen LogP contribution >= 0.6 is 11.8 Å². The molecule has 0 bridgehead atoms. The van der Waals surface area contributed by atoms with Crippen molar-refractivity contribution in [3.63, 3.8) is 0 Å². The van der Waals surface area contributed by atoms with Gasteiger partial charge in [-0.05, 0) is 24.6 Å². The molecule has 0 unspecified atom stereocenters. The van der Waals surface area contributed by atoms with Gasteiger partial charge in [0.2, 0.25) is 5.16 Å². The smallest absolute Gasteiger partial charge is 0.211 e. The fraction of sp³-hybridized carbons (Fsp3) is 0.357. The number of rotatable bonds is 5. The van der Waals surface area contributed by atoms with Crippen LogP contribution in [0.15, 0.2) is 23.4 Å². The normalized spacial score (nSPS) is 11.3. The van der Waals surface area contributed by atoms with Gasteiger partial charge in [-0.25, -0.2) is 4.98 Å². The number of H-pyrrole nitrogens is 1. The Balaban J connectivity index is 2.00. The molecule has 1 N–H and O–H groups in total. The predicted molar refractivity (Wildman–Crippen MR) is 81.4 cm³/mol. The number of thioether (sulfide) groups is 1. The molecule has 3 rings (SSSR count). The van der Waals surface area contributed by atoms with Crippen LogP contribution in [-0.2, 0) is 0 Å². The van der Waals surface area contributed by atoms with Gasteiger partial charge in [-0.2, -0.15) is 0 Å². The number of aromatic nitrogens is 4. The summed E-state index contributed by atoms with van der Waals surface area (Å²) in [5.41, 5.74) is 2.57. The third-order valence-electron chi connectivity index (χ3n) is 3.13. The Hall–Kier alpha value is -1.82. The fourth-order valence-corrected chi connectivity index (χ4v) is 2.90. The van der Waals surface area contributed by atoms with E-state index < -0.39 is 0 Å². The summed E-state index contributed by atoms with van der Waals surface area (Å²) in [6, 6.07) is 5.85. The second kappa shape index (κ2) is 5.66. The van der Waals surface area contributed by atoms with Crippen molar-refractivity contribution in [1.82, 2.24) is 20.2 Å². The molecule has 0 aliphatic heterocycles. The van der Waals surface area contributed by atoms with Crippen molar-refractivity contribution >= 4 is 33.8 Å². The number of benzene rings is 1. The third kappa shape index (κ3) is 2.43. The van der Waals surface area contributed by atoms with Crippen LogP contribution in [-0.4, -0.2) is 33.0 Å². The van der Waals surface area contributed by atoms with E-state index in [1.807, 2.05) is 18.2 Å². The van der Waals surface area contributed by atoms with Crippen molar-refractivity contribution in [1.29, 1.82) is 0 Å². The van der Waals surface area contributed by atoms with Gasteiger partial charge >= 0.3 is 0 Å². The van der Waals surface area contributed by atoms with E-state index in [1.54, 1.807) is 18.9 Å². The first kappa shape index (κ1) is 13.2. The Labute approximate surface area is 121 Å². The molecule has 0 aliphatic rings. The number of ether oxygens (including phenoxy) is 1. The van der Waals surface area contributed by atoms with Gasteiger partial charge in [-0.1, -0.05) is 25.1 Å². The van der Waals surface area contributed by atoms with Crippen LogP contribution < -0.4 is 4.74 Å². The van der Waals surface area contributed by atoms with Crippen molar-refractivity contribution < 1.29 is 4.74 Å². The van der Waals surface area contributed by atoms with Crippen LogP contribution in [0.2, 0.25) is 0 Å². The van der Waals surface area contributed by atoms with E-state index in [4.69, 9.17) is 4.74 Å². The lowest BCUT2D eigenvalue weighted by molar-refractivity contribution is 0.415. The Kier molecular flexibility index (Phi) is 3.73. The molecular weight excluding hydrogens is 272 g/mol. The summed E-state index contributed by atoms with van der Waals surface area (Å²) in [5.74, 6) is 1.83. The highest BCUT2D eigenvalue weighted by Crippen LogP contribution is 2.27. The van der Waals surface area contributed by atoms with Gasteiger partial charge in [0.1, 0.15) is 11.3 Å². The molecular formula is C14H16N4OS. The first-order chi connectivity index (χ1) is 9.81. The molecule has 104 valence electrons. The van der Waals surface area contributed by atoms with Gasteiger partial charge in [-0.15, -0.1) is 10.2 Å². The largest absolute Gasteiger partial charge is 0.497 e. The summed E-state index contributed by atoms with van der Waals surface area (Å²) < 4.78 is 5.24. The van der Waals surface area contributed by atoms with Crippen LogP contribution in [0, 0.1) is 0 Å². The zero-order chi connectivity index (χ0) is 13.9. The van der Waals surface area contributed by atoms with Gasteiger partial charge in [0.25, 0.3) is 0 Å². The highest BCUT2D eigenvalue weighted by molar-refractivity contribution is 7.99. The Bertz CT molecular complexity index is 740. The molecule has 2 heterocycles. The molecule has 20 heavy (non-hydrogen) atoms. The Morgan fingerprint density at radius 2 is 2.20 bits per heavy atom. The highest BCUT2D eigenvalue weighted by atomic mass is 32.2. The van der Waals surface area contributed by atoms with Gasteiger partial charge in [-0.3, -0.25) is 0 Å². The summed E-state index contributed by atoms with van der Waals surface area (Å²) in [7, 11) is 1.66. The van der Waals surface area contributed by atoms with Crippen molar-refractivity contribution in [3.05, 3.63) is 18.2 Å². The molecule has 0 aliphatic carbocycles. The first-order valence-corrected chi connectivity index (χ1v) is 7.63. The number of hydrogen-bond acceptors (Lipinski definition) is 5. The van der Waals surface area contributed by atoms with Gasteiger partial charge in [0.15, 0.2) is 5.65 Å². The number of aromatic amines is 1. The van der Waals surface area contributed by atoms with Crippen molar-refractivity contribution in [2.75, 3.05) is 12.9 Å². The molecule has 6 heteroatoms. The highest BCUT2D eigenvalue weighted by Gasteiger charge is 2.10. The van der Waals surface area contributed by atoms with E-state index in [-0.39, 0.29) is 0 Å². The molecule has 0 amide bonds. The van der Waals surface area contributed by atoms with E-state index in [9.17, 15) is 0 Å². The minimum absolute atomic E-state index is 0.726. The standard InChI is InChI=1S/C14H16N4OS/c1-3-4-7-20-14-16-13-12(17-18-14)10-8-9(19-2)5-6-11(10)15-13/h5-6,8H,3-4,7H2,1-2H3,(H,15,16,18). The fourth-order valence-electron chi connectivity index (χ4n) is 2.03. The molecule has 0 atom stereocenters. The summed E-state index contributed by atoms with van der Waals surface area (Å²) in [4.78, 5) is 7.81. The number of fused-ring (bicyclic) bond motifs is 3. The molecule has 1 aromatic carbocycles. The quantitative estimate of drug-likeness (QED) is 0.576. The molecule has 2 aromatic heterocycles. The lowest BCUT2D eigenvalue weighted by Crippen LogP contribution is -1.92. The predicted octanol–water partition coefficient (Wildman–Crippen LogP) is 3.41. The lowest BCUT2D eigenvalue weighted by Gasteiger charge is -1.98. The van der Waals surface area contributed by atoms with Crippen molar-refractivity contribution in [2.24, 2.45) is 0 Å². The maximum atomic E-state index is 5.24. The van der Waals surface area contributed by atoms with E-state index in [2.05, 4.69) is 27.1 Å². The number of nitrogens with zero attached hydrogens (tertiary/aromatic N) is 3. The van der Waals surface area contributed by atoms with Crippen LogP contribution in [0.25, 0.3) is 22.1 Å².